The Morgan fingerprint density at radius 1 is 0.964 bits per heavy atom. The second kappa shape index (κ2) is 8.58. The van der Waals surface area contributed by atoms with E-state index in [1.165, 1.54) is 12.1 Å². The summed E-state index contributed by atoms with van der Waals surface area (Å²) in [7, 11) is -3.91. The molecule has 1 N–H and O–H groups in total. The number of anilines is 2. The van der Waals surface area contributed by atoms with Gasteiger partial charge in [-0.05, 0) is 48.9 Å². The largest absolute Gasteiger partial charge is 0.324 e. The van der Waals surface area contributed by atoms with Crippen molar-refractivity contribution >= 4 is 43.2 Å². The Bertz CT molecular complexity index is 1090. The number of halogens is 1. The highest BCUT2D eigenvalue weighted by atomic mass is 79.9. The van der Waals surface area contributed by atoms with Crippen LogP contribution in [0.5, 0.6) is 0 Å². The summed E-state index contributed by atoms with van der Waals surface area (Å²) in [5.74, 6) is -0.430. The third kappa shape index (κ3) is 4.61. The van der Waals surface area contributed by atoms with Crippen LogP contribution in [0.15, 0.2) is 88.2 Å². The van der Waals surface area contributed by atoms with Gasteiger partial charge in [0.2, 0.25) is 5.91 Å². The van der Waals surface area contributed by atoms with E-state index < -0.39 is 15.9 Å². The molecule has 0 fully saturated rings. The molecule has 144 valence electrons. The first-order chi connectivity index (χ1) is 13.4. The van der Waals surface area contributed by atoms with Crippen molar-refractivity contribution < 1.29 is 13.2 Å². The predicted octanol–water partition coefficient (Wildman–Crippen LogP) is 4.59. The van der Waals surface area contributed by atoms with E-state index in [1.807, 2.05) is 25.1 Å². The fourth-order valence-corrected chi connectivity index (χ4v) is 4.67. The standard InChI is InChI=1S/C21H19BrN2O3S/c1-16-8-5-6-13-20(16)24(28(26,27)19-11-3-2-4-12-19)15-21(25)23-18-10-7-9-17(22)14-18/h2-14H,15H2,1H3,(H,23,25). The monoisotopic (exact) mass is 458 g/mol. The van der Waals surface area contributed by atoms with Crippen molar-refractivity contribution in [3.05, 3.63) is 88.9 Å². The van der Waals surface area contributed by atoms with Gasteiger partial charge >= 0.3 is 0 Å². The fourth-order valence-electron chi connectivity index (χ4n) is 2.76. The summed E-state index contributed by atoms with van der Waals surface area (Å²) in [6, 6.07) is 22.3. The average molecular weight is 459 g/mol. The van der Waals surface area contributed by atoms with Crippen LogP contribution in [-0.4, -0.2) is 20.9 Å². The molecular formula is C21H19BrN2O3S. The predicted molar refractivity (Wildman–Crippen MR) is 115 cm³/mol. The lowest BCUT2D eigenvalue weighted by atomic mass is 10.2. The van der Waals surface area contributed by atoms with Gasteiger partial charge in [0.05, 0.1) is 10.6 Å². The summed E-state index contributed by atoms with van der Waals surface area (Å²) in [6.07, 6.45) is 0. The molecule has 0 unspecified atom stereocenters. The van der Waals surface area contributed by atoms with E-state index in [9.17, 15) is 13.2 Å². The highest BCUT2D eigenvalue weighted by Gasteiger charge is 2.28. The Morgan fingerprint density at radius 2 is 1.64 bits per heavy atom. The zero-order valence-corrected chi connectivity index (χ0v) is 17.6. The third-order valence-electron chi connectivity index (χ3n) is 4.11. The van der Waals surface area contributed by atoms with Crippen LogP contribution in [-0.2, 0) is 14.8 Å². The van der Waals surface area contributed by atoms with Crippen molar-refractivity contribution in [2.24, 2.45) is 0 Å². The Kier molecular flexibility index (Phi) is 6.16. The highest BCUT2D eigenvalue weighted by molar-refractivity contribution is 9.10. The number of sulfonamides is 1. The van der Waals surface area contributed by atoms with E-state index in [0.29, 0.717) is 11.4 Å². The van der Waals surface area contributed by atoms with Gasteiger partial charge in [-0.2, -0.15) is 0 Å². The minimum atomic E-state index is -3.91. The average Bonchev–Trinajstić information content (AvgIpc) is 2.67. The minimum absolute atomic E-state index is 0.133. The zero-order valence-electron chi connectivity index (χ0n) is 15.2. The summed E-state index contributed by atoms with van der Waals surface area (Å²) in [6.45, 7) is 1.48. The van der Waals surface area contributed by atoms with Crippen molar-refractivity contribution in [1.29, 1.82) is 0 Å². The normalized spacial score (nSPS) is 11.1. The molecule has 0 spiro atoms. The molecule has 0 atom stereocenters. The molecule has 0 aromatic heterocycles. The first-order valence-electron chi connectivity index (χ1n) is 8.57. The lowest BCUT2D eigenvalue weighted by Crippen LogP contribution is -2.38. The number of carbonyl (C=O) groups is 1. The van der Waals surface area contributed by atoms with Crippen molar-refractivity contribution in [1.82, 2.24) is 0 Å². The second-order valence-electron chi connectivity index (χ2n) is 6.17. The van der Waals surface area contributed by atoms with Crippen LogP contribution >= 0.6 is 15.9 Å². The SMILES string of the molecule is Cc1ccccc1N(CC(=O)Nc1cccc(Br)c1)S(=O)(=O)c1ccccc1. The van der Waals surface area contributed by atoms with Crippen LogP contribution in [0.1, 0.15) is 5.56 Å². The van der Waals surface area contributed by atoms with Crippen LogP contribution in [0.4, 0.5) is 11.4 Å². The number of aryl methyl sites for hydroxylation is 1. The molecule has 0 aliphatic heterocycles. The van der Waals surface area contributed by atoms with Gasteiger partial charge in [-0.1, -0.05) is 58.4 Å². The smallest absolute Gasteiger partial charge is 0.264 e. The van der Waals surface area contributed by atoms with Gasteiger partial charge in [0.15, 0.2) is 0 Å². The number of benzene rings is 3. The van der Waals surface area contributed by atoms with Gasteiger partial charge in [0.1, 0.15) is 6.54 Å². The van der Waals surface area contributed by atoms with Crippen LogP contribution in [0.3, 0.4) is 0 Å². The van der Waals surface area contributed by atoms with E-state index in [0.717, 1.165) is 14.3 Å². The summed E-state index contributed by atoms with van der Waals surface area (Å²) >= 11 is 3.35. The zero-order chi connectivity index (χ0) is 20.1. The van der Waals surface area contributed by atoms with Crippen LogP contribution in [0.2, 0.25) is 0 Å². The van der Waals surface area contributed by atoms with Crippen LogP contribution in [0, 0.1) is 6.92 Å². The number of amides is 1. The number of para-hydroxylation sites is 1. The summed E-state index contributed by atoms with van der Waals surface area (Å²) < 4.78 is 28.5. The Morgan fingerprint density at radius 3 is 2.32 bits per heavy atom. The van der Waals surface area contributed by atoms with Gasteiger partial charge in [-0.15, -0.1) is 0 Å². The molecule has 0 saturated heterocycles. The van der Waals surface area contributed by atoms with E-state index in [2.05, 4.69) is 21.2 Å². The molecule has 1 amide bonds. The number of carbonyl (C=O) groups excluding carboxylic acids is 1. The first-order valence-corrected chi connectivity index (χ1v) is 10.8. The Hall–Kier alpha value is -2.64. The number of rotatable bonds is 6. The molecule has 5 nitrogen and oxygen atoms in total. The van der Waals surface area contributed by atoms with Crippen LogP contribution in [0.25, 0.3) is 0 Å². The topological polar surface area (TPSA) is 66.5 Å². The van der Waals surface area contributed by atoms with E-state index in [4.69, 9.17) is 0 Å². The third-order valence-corrected chi connectivity index (χ3v) is 6.38. The molecule has 3 aromatic carbocycles. The highest BCUT2D eigenvalue weighted by Crippen LogP contribution is 2.26. The molecule has 0 saturated carbocycles. The molecule has 0 radical (unpaired) electrons. The number of hydrogen-bond donors (Lipinski definition) is 1. The van der Waals surface area contributed by atoms with E-state index in [1.54, 1.807) is 48.5 Å². The molecule has 0 bridgehead atoms. The molecule has 0 aliphatic rings. The maximum absolute atomic E-state index is 13.3. The van der Waals surface area contributed by atoms with Gasteiger partial charge in [-0.25, -0.2) is 8.42 Å². The summed E-state index contributed by atoms with van der Waals surface area (Å²) in [5.41, 5.74) is 1.81. The van der Waals surface area contributed by atoms with Gasteiger partial charge < -0.3 is 5.32 Å². The Balaban J connectivity index is 1.95. The maximum atomic E-state index is 13.3. The van der Waals surface area contributed by atoms with Crippen LogP contribution < -0.4 is 9.62 Å². The fraction of sp³-hybridized carbons (Fsp3) is 0.0952. The van der Waals surface area contributed by atoms with E-state index >= 15 is 0 Å². The molecule has 0 aliphatic carbocycles. The molecule has 3 aromatic rings. The maximum Gasteiger partial charge on any atom is 0.264 e. The molecule has 0 heterocycles. The quantitative estimate of drug-likeness (QED) is 0.587. The number of nitrogens with one attached hydrogen (secondary N) is 1. The van der Waals surface area contributed by atoms with Crippen molar-refractivity contribution in [2.45, 2.75) is 11.8 Å². The molecule has 3 rings (SSSR count). The second-order valence-corrected chi connectivity index (χ2v) is 8.95. The van der Waals surface area contributed by atoms with Gasteiger partial charge in [0.25, 0.3) is 10.0 Å². The first kappa shape index (κ1) is 20.1. The number of hydrogen-bond acceptors (Lipinski definition) is 3. The summed E-state index contributed by atoms with van der Waals surface area (Å²) in [4.78, 5) is 12.8. The van der Waals surface area contributed by atoms with Gasteiger partial charge in [-0.3, -0.25) is 9.10 Å². The molecular weight excluding hydrogens is 440 g/mol. The van der Waals surface area contributed by atoms with E-state index in [-0.39, 0.29) is 11.4 Å². The minimum Gasteiger partial charge on any atom is -0.324 e. The van der Waals surface area contributed by atoms with Crippen molar-refractivity contribution in [2.75, 3.05) is 16.2 Å². The molecule has 28 heavy (non-hydrogen) atoms. The van der Waals surface area contributed by atoms with Crippen molar-refractivity contribution in [3.63, 3.8) is 0 Å². The van der Waals surface area contributed by atoms with Crippen molar-refractivity contribution in [3.8, 4) is 0 Å². The lowest BCUT2D eigenvalue weighted by Gasteiger charge is -2.25. The Labute approximate surface area is 173 Å². The molecule has 7 heteroatoms. The van der Waals surface area contributed by atoms with Gasteiger partial charge in [0, 0.05) is 10.2 Å². The summed E-state index contributed by atoms with van der Waals surface area (Å²) in [5, 5.41) is 2.75. The lowest BCUT2D eigenvalue weighted by molar-refractivity contribution is -0.114. The number of nitrogens with zero attached hydrogens (tertiary/aromatic N) is 1.